The Hall–Kier alpha value is -0.800. The van der Waals surface area contributed by atoms with Gasteiger partial charge < -0.3 is 10.3 Å². The van der Waals surface area contributed by atoms with Gasteiger partial charge in [-0.15, -0.1) is 0 Å². The van der Waals surface area contributed by atoms with Gasteiger partial charge in [-0.05, 0) is 50.3 Å². The van der Waals surface area contributed by atoms with Crippen molar-refractivity contribution in [1.29, 1.82) is 0 Å². The van der Waals surface area contributed by atoms with Crippen molar-refractivity contribution in [2.45, 2.75) is 57.7 Å². The fourth-order valence-electron chi connectivity index (χ4n) is 3.28. The van der Waals surface area contributed by atoms with E-state index in [0.717, 1.165) is 19.0 Å². The van der Waals surface area contributed by atoms with Crippen molar-refractivity contribution in [1.82, 2.24) is 9.47 Å². The molecule has 0 aliphatic heterocycles. The van der Waals surface area contributed by atoms with Crippen LogP contribution in [0.1, 0.15) is 49.9 Å². The van der Waals surface area contributed by atoms with E-state index in [4.69, 9.17) is 5.73 Å². The topological polar surface area (TPSA) is 34.2 Å². The third kappa shape index (κ3) is 2.34. The molecular formula is C15H25N3. The molecule has 2 aliphatic carbocycles. The van der Waals surface area contributed by atoms with Gasteiger partial charge in [-0.2, -0.15) is 0 Å². The summed E-state index contributed by atoms with van der Waals surface area (Å²) in [4.78, 5) is 2.62. The first-order chi connectivity index (χ1) is 8.79. The zero-order valence-electron chi connectivity index (χ0n) is 11.4. The van der Waals surface area contributed by atoms with Crippen LogP contribution in [0.5, 0.6) is 0 Å². The molecular weight excluding hydrogens is 222 g/mol. The second kappa shape index (κ2) is 5.06. The van der Waals surface area contributed by atoms with Crippen molar-refractivity contribution in [3.63, 3.8) is 0 Å². The Morgan fingerprint density at radius 1 is 1.39 bits per heavy atom. The summed E-state index contributed by atoms with van der Waals surface area (Å²) in [6.45, 7) is 5.79. The van der Waals surface area contributed by atoms with Crippen LogP contribution in [0.25, 0.3) is 0 Å². The van der Waals surface area contributed by atoms with E-state index in [1.54, 1.807) is 0 Å². The highest BCUT2D eigenvalue weighted by Gasteiger charge is 2.27. The Kier molecular flexibility index (Phi) is 3.44. The molecule has 1 saturated carbocycles. The summed E-state index contributed by atoms with van der Waals surface area (Å²) in [5.74, 6) is 0. The summed E-state index contributed by atoms with van der Waals surface area (Å²) in [5.41, 5.74) is 9.08. The third-order valence-corrected chi connectivity index (χ3v) is 4.54. The first kappa shape index (κ1) is 12.2. The maximum absolute atomic E-state index is 6.18. The van der Waals surface area contributed by atoms with Crippen molar-refractivity contribution < 1.29 is 0 Å². The molecule has 0 saturated heterocycles. The van der Waals surface area contributed by atoms with Gasteiger partial charge in [-0.25, -0.2) is 0 Å². The fraction of sp³-hybridized carbons (Fsp3) is 0.733. The van der Waals surface area contributed by atoms with Crippen LogP contribution in [0.4, 0.5) is 0 Å². The summed E-state index contributed by atoms with van der Waals surface area (Å²) < 4.78 is 2.44. The lowest BCUT2D eigenvalue weighted by Gasteiger charge is -2.23. The summed E-state index contributed by atoms with van der Waals surface area (Å²) in [5, 5.41) is 0. The average molecular weight is 247 g/mol. The Balaban J connectivity index is 1.65. The molecule has 0 radical (unpaired) electrons. The molecule has 3 nitrogen and oxygen atoms in total. The Labute approximate surface area is 110 Å². The summed E-state index contributed by atoms with van der Waals surface area (Å²) in [7, 11) is 0. The Morgan fingerprint density at radius 2 is 2.22 bits per heavy atom. The second-order valence-electron chi connectivity index (χ2n) is 5.77. The predicted octanol–water partition coefficient (Wildman–Crippen LogP) is 2.31. The SMILES string of the molecule is CCN(CCn1ccc2c1CCCC2N)C1CC1. The van der Waals surface area contributed by atoms with Gasteiger partial charge in [-0.3, -0.25) is 4.90 Å². The van der Waals surface area contributed by atoms with Gasteiger partial charge >= 0.3 is 0 Å². The van der Waals surface area contributed by atoms with Crippen molar-refractivity contribution >= 4 is 0 Å². The lowest BCUT2D eigenvalue weighted by molar-refractivity contribution is 0.264. The zero-order valence-corrected chi connectivity index (χ0v) is 11.4. The quantitative estimate of drug-likeness (QED) is 0.866. The van der Waals surface area contributed by atoms with Crippen molar-refractivity contribution in [3.05, 3.63) is 23.5 Å². The molecule has 1 aromatic rings. The molecule has 0 amide bonds. The molecule has 1 aromatic heterocycles. The number of fused-ring (bicyclic) bond motifs is 1. The smallest absolute Gasteiger partial charge is 0.0350 e. The number of rotatable bonds is 5. The van der Waals surface area contributed by atoms with E-state index in [0.29, 0.717) is 0 Å². The molecule has 1 unspecified atom stereocenters. The number of aromatic nitrogens is 1. The van der Waals surface area contributed by atoms with E-state index in [2.05, 4.69) is 28.7 Å². The number of hydrogen-bond acceptors (Lipinski definition) is 2. The standard InChI is InChI=1S/C15H25N3/c1-2-17(12-6-7-12)10-11-18-9-8-13-14(16)4-3-5-15(13)18/h8-9,12,14H,2-7,10-11,16H2,1H3. The highest BCUT2D eigenvalue weighted by molar-refractivity contribution is 5.28. The molecule has 2 aliphatic rings. The van der Waals surface area contributed by atoms with Crippen LogP contribution in [0.15, 0.2) is 12.3 Å². The fourth-order valence-corrected chi connectivity index (χ4v) is 3.28. The van der Waals surface area contributed by atoms with Crippen LogP contribution in [0, 0.1) is 0 Å². The zero-order chi connectivity index (χ0) is 12.5. The van der Waals surface area contributed by atoms with Crippen molar-refractivity contribution in [2.75, 3.05) is 13.1 Å². The first-order valence-corrected chi connectivity index (χ1v) is 7.47. The van der Waals surface area contributed by atoms with Gasteiger partial charge in [0.05, 0.1) is 0 Å². The molecule has 1 heterocycles. The minimum absolute atomic E-state index is 0.278. The predicted molar refractivity (Wildman–Crippen MR) is 74.6 cm³/mol. The lowest BCUT2D eigenvalue weighted by atomic mass is 9.94. The molecule has 1 fully saturated rings. The van der Waals surface area contributed by atoms with Gasteiger partial charge in [0.15, 0.2) is 0 Å². The van der Waals surface area contributed by atoms with Gasteiger partial charge in [0, 0.05) is 37.1 Å². The molecule has 18 heavy (non-hydrogen) atoms. The lowest BCUT2D eigenvalue weighted by Crippen LogP contribution is -2.30. The van der Waals surface area contributed by atoms with Crippen LogP contribution in [-0.2, 0) is 13.0 Å². The van der Waals surface area contributed by atoms with Gasteiger partial charge in [-0.1, -0.05) is 6.92 Å². The molecule has 0 spiro atoms. The molecule has 2 N–H and O–H groups in total. The Morgan fingerprint density at radius 3 is 2.94 bits per heavy atom. The number of nitrogens with two attached hydrogens (primary N) is 1. The van der Waals surface area contributed by atoms with E-state index >= 15 is 0 Å². The third-order valence-electron chi connectivity index (χ3n) is 4.54. The maximum Gasteiger partial charge on any atom is 0.0350 e. The van der Waals surface area contributed by atoms with E-state index < -0.39 is 0 Å². The minimum atomic E-state index is 0.278. The summed E-state index contributed by atoms with van der Waals surface area (Å²) in [6, 6.07) is 3.40. The molecule has 100 valence electrons. The second-order valence-corrected chi connectivity index (χ2v) is 5.77. The van der Waals surface area contributed by atoms with Gasteiger partial charge in [0.25, 0.3) is 0 Å². The molecule has 3 rings (SSSR count). The highest BCUT2D eigenvalue weighted by atomic mass is 15.2. The van der Waals surface area contributed by atoms with Crippen LogP contribution >= 0.6 is 0 Å². The van der Waals surface area contributed by atoms with E-state index in [1.165, 1.54) is 50.0 Å². The summed E-state index contributed by atoms with van der Waals surface area (Å²) in [6.07, 6.45) is 8.67. The number of nitrogens with zero attached hydrogens (tertiary/aromatic N) is 2. The average Bonchev–Trinajstić information content (AvgIpc) is 3.12. The monoisotopic (exact) mass is 247 g/mol. The van der Waals surface area contributed by atoms with Crippen LogP contribution < -0.4 is 5.73 Å². The highest BCUT2D eigenvalue weighted by Crippen LogP contribution is 2.29. The number of hydrogen-bond donors (Lipinski definition) is 1. The minimum Gasteiger partial charge on any atom is -0.350 e. The van der Waals surface area contributed by atoms with Crippen LogP contribution in [-0.4, -0.2) is 28.6 Å². The molecule has 3 heteroatoms. The van der Waals surface area contributed by atoms with Gasteiger partial charge in [0.1, 0.15) is 0 Å². The van der Waals surface area contributed by atoms with Crippen LogP contribution in [0.2, 0.25) is 0 Å². The first-order valence-electron chi connectivity index (χ1n) is 7.47. The Bertz CT molecular complexity index is 406. The molecule has 1 atom stereocenters. The number of likely N-dealkylation sites (N-methyl/N-ethyl adjacent to an activating group) is 1. The van der Waals surface area contributed by atoms with Crippen molar-refractivity contribution in [2.24, 2.45) is 5.73 Å². The summed E-state index contributed by atoms with van der Waals surface area (Å²) >= 11 is 0. The largest absolute Gasteiger partial charge is 0.350 e. The van der Waals surface area contributed by atoms with E-state index in [9.17, 15) is 0 Å². The molecule has 0 aromatic carbocycles. The maximum atomic E-state index is 6.18. The van der Waals surface area contributed by atoms with Crippen molar-refractivity contribution in [3.8, 4) is 0 Å². The van der Waals surface area contributed by atoms with Crippen LogP contribution in [0.3, 0.4) is 0 Å². The van der Waals surface area contributed by atoms with E-state index in [1.807, 2.05) is 0 Å². The van der Waals surface area contributed by atoms with Gasteiger partial charge in [0.2, 0.25) is 0 Å². The molecule has 0 bridgehead atoms. The van der Waals surface area contributed by atoms with E-state index in [-0.39, 0.29) is 6.04 Å². The normalized spacial score (nSPS) is 23.4.